The minimum absolute atomic E-state index is 0.134. The van der Waals surface area contributed by atoms with E-state index in [1.54, 1.807) is 30.3 Å². The maximum Gasteiger partial charge on any atom is 0.309 e. The first-order valence-corrected chi connectivity index (χ1v) is 8.23. The Kier molecular flexibility index (Phi) is 5.22. The van der Waals surface area contributed by atoms with Crippen LogP contribution in [0.3, 0.4) is 0 Å². The van der Waals surface area contributed by atoms with Crippen LogP contribution in [-0.2, 0) is 14.3 Å². The molecule has 1 heterocycles. The van der Waals surface area contributed by atoms with Gasteiger partial charge in [0.25, 0.3) is 11.8 Å². The lowest BCUT2D eigenvalue weighted by Gasteiger charge is -2.15. The summed E-state index contributed by atoms with van der Waals surface area (Å²) in [5, 5.41) is 5.17. The molecule has 1 aliphatic heterocycles. The highest BCUT2D eigenvalue weighted by Gasteiger charge is 2.34. The van der Waals surface area contributed by atoms with Crippen LogP contribution in [0, 0.1) is 5.92 Å². The smallest absolute Gasteiger partial charge is 0.309 e. The van der Waals surface area contributed by atoms with E-state index < -0.39 is 23.7 Å². The molecule has 0 saturated carbocycles. The van der Waals surface area contributed by atoms with E-state index in [4.69, 9.17) is 4.74 Å². The second-order valence-corrected chi connectivity index (χ2v) is 5.92. The van der Waals surface area contributed by atoms with E-state index in [2.05, 4.69) is 5.10 Å². The molecule has 0 bridgehead atoms. The van der Waals surface area contributed by atoms with Crippen molar-refractivity contribution in [1.29, 1.82) is 0 Å². The lowest BCUT2D eigenvalue weighted by molar-refractivity contribution is -0.147. The Bertz CT molecular complexity index is 847. The van der Waals surface area contributed by atoms with E-state index in [0.29, 0.717) is 11.3 Å². The summed E-state index contributed by atoms with van der Waals surface area (Å²) < 4.78 is 4.81. The number of hydrogen-bond acceptors (Lipinski definition) is 5. The molecule has 0 aromatic heterocycles. The predicted octanol–water partition coefficient (Wildman–Crippen LogP) is 2.64. The van der Waals surface area contributed by atoms with Crippen molar-refractivity contribution in [2.45, 2.75) is 12.8 Å². The first-order valence-electron chi connectivity index (χ1n) is 8.23. The number of carbonyl (C=O) groups is 3. The lowest BCUT2D eigenvalue weighted by Crippen LogP contribution is -2.33. The first-order chi connectivity index (χ1) is 12.6. The SMILES string of the molecule is COC(=O)C1CC(=O)N(C(=O)c2ccccc2)N=C(c2ccccc2)C1. The maximum atomic E-state index is 12.8. The van der Waals surface area contributed by atoms with Gasteiger partial charge in [0.05, 0.1) is 18.7 Å². The van der Waals surface area contributed by atoms with Gasteiger partial charge in [-0.05, 0) is 17.7 Å². The van der Waals surface area contributed by atoms with Crippen LogP contribution < -0.4 is 0 Å². The third kappa shape index (κ3) is 3.69. The van der Waals surface area contributed by atoms with Gasteiger partial charge in [0.15, 0.2) is 0 Å². The van der Waals surface area contributed by atoms with Crippen LogP contribution in [-0.4, -0.2) is 35.6 Å². The molecule has 132 valence electrons. The van der Waals surface area contributed by atoms with Crippen molar-refractivity contribution in [3.8, 4) is 0 Å². The number of hydrazone groups is 1. The standard InChI is InChI=1S/C20H18N2O4/c1-26-20(25)16-12-17(14-8-4-2-5-9-14)21-22(18(23)13-16)19(24)15-10-6-3-7-11-15/h2-11,16H,12-13H2,1H3. The van der Waals surface area contributed by atoms with E-state index in [1.165, 1.54) is 7.11 Å². The molecule has 2 aromatic carbocycles. The number of imide groups is 1. The normalized spacial score (nSPS) is 17.3. The Balaban J connectivity index is 2.02. The van der Waals surface area contributed by atoms with Crippen molar-refractivity contribution in [3.63, 3.8) is 0 Å². The van der Waals surface area contributed by atoms with Crippen LogP contribution in [0.5, 0.6) is 0 Å². The lowest BCUT2D eigenvalue weighted by atomic mass is 9.95. The monoisotopic (exact) mass is 350 g/mol. The summed E-state index contributed by atoms with van der Waals surface area (Å²) in [5.74, 6) is -2.22. The summed E-state index contributed by atoms with van der Waals surface area (Å²) in [6, 6.07) is 17.6. The Labute approximate surface area is 151 Å². The van der Waals surface area contributed by atoms with Crippen molar-refractivity contribution in [1.82, 2.24) is 5.01 Å². The Morgan fingerprint density at radius 2 is 1.62 bits per heavy atom. The van der Waals surface area contributed by atoms with Crippen molar-refractivity contribution in [2.75, 3.05) is 7.11 Å². The molecule has 6 heteroatoms. The number of amides is 2. The number of nitrogens with zero attached hydrogens (tertiary/aromatic N) is 2. The number of esters is 1. The largest absolute Gasteiger partial charge is 0.469 e. The highest BCUT2D eigenvalue weighted by atomic mass is 16.5. The van der Waals surface area contributed by atoms with E-state index in [0.717, 1.165) is 10.6 Å². The Hall–Kier alpha value is -3.28. The zero-order valence-corrected chi connectivity index (χ0v) is 14.3. The third-order valence-corrected chi connectivity index (χ3v) is 4.17. The van der Waals surface area contributed by atoms with E-state index in [-0.39, 0.29) is 12.8 Å². The van der Waals surface area contributed by atoms with Gasteiger partial charge in [-0.3, -0.25) is 14.4 Å². The molecular weight excluding hydrogens is 332 g/mol. The van der Waals surface area contributed by atoms with Crippen molar-refractivity contribution < 1.29 is 19.1 Å². The van der Waals surface area contributed by atoms with E-state index in [9.17, 15) is 14.4 Å². The van der Waals surface area contributed by atoms with Gasteiger partial charge in [-0.25, -0.2) is 0 Å². The van der Waals surface area contributed by atoms with Gasteiger partial charge < -0.3 is 4.74 Å². The van der Waals surface area contributed by atoms with Gasteiger partial charge in [0, 0.05) is 18.4 Å². The molecule has 1 atom stereocenters. The third-order valence-electron chi connectivity index (χ3n) is 4.17. The second-order valence-electron chi connectivity index (χ2n) is 5.92. The van der Waals surface area contributed by atoms with Crippen molar-refractivity contribution in [2.24, 2.45) is 11.0 Å². The molecule has 2 amide bonds. The molecule has 0 saturated heterocycles. The van der Waals surface area contributed by atoms with Crippen molar-refractivity contribution >= 4 is 23.5 Å². The van der Waals surface area contributed by atoms with Crippen LogP contribution >= 0.6 is 0 Å². The summed E-state index contributed by atoms with van der Waals surface area (Å²) in [6.07, 6.45) is 0.0894. The van der Waals surface area contributed by atoms with Crippen LogP contribution in [0.15, 0.2) is 65.8 Å². The van der Waals surface area contributed by atoms with Crippen LogP contribution in [0.4, 0.5) is 0 Å². The number of carbonyl (C=O) groups excluding carboxylic acids is 3. The molecule has 6 nitrogen and oxygen atoms in total. The minimum Gasteiger partial charge on any atom is -0.469 e. The second kappa shape index (κ2) is 7.74. The van der Waals surface area contributed by atoms with Gasteiger partial charge >= 0.3 is 5.97 Å². The van der Waals surface area contributed by atoms with E-state index >= 15 is 0 Å². The first kappa shape index (κ1) is 17.5. The quantitative estimate of drug-likeness (QED) is 0.630. The molecule has 26 heavy (non-hydrogen) atoms. The minimum atomic E-state index is -0.681. The van der Waals surface area contributed by atoms with Crippen LogP contribution in [0.25, 0.3) is 0 Å². The predicted molar refractivity (Wildman–Crippen MR) is 95.3 cm³/mol. The summed E-state index contributed by atoms with van der Waals surface area (Å²) in [4.78, 5) is 37.5. The highest BCUT2D eigenvalue weighted by Crippen LogP contribution is 2.23. The zero-order valence-electron chi connectivity index (χ0n) is 14.3. The summed E-state index contributed by atoms with van der Waals surface area (Å²) in [5.41, 5.74) is 1.60. The topological polar surface area (TPSA) is 76.0 Å². The molecule has 1 aliphatic rings. The fourth-order valence-corrected chi connectivity index (χ4v) is 2.82. The molecule has 0 aliphatic carbocycles. The molecule has 2 aromatic rings. The van der Waals surface area contributed by atoms with Gasteiger partial charge in [-0.15, -0.1) is 0 Å². The average molecular weight is 350 g/mol. The van der Waals surface area contributed by atoms with Crippen LogP contribution in [0.1, 0.15) is 28.8 Å². The highest BCUT2D eigenvalue weighted by molar-refractivity contribution is 6.10. The molecular formula is C20H18N2O4. The molecule has 0 fully saturated rings. The summed E-state index contributed by atoms with van der Waals surface area (Å²) >= 11 is 0. The molecule has 3 rings (SSSR count). The van der Waals surface area contributed by atoms with Gasteiger partial charge in [0.2, 0.25) is 0 Å². The fraction of sp³-hybridized carbons (Fsp3) is 0.200. The molecule has 0 N–H and O–H groups in total. The number of ether oxygens (including phenoxy) is 1. The Morgan fingerprint density at radius 3 is 2.23 bits per heavy atom. The average Bonchev–Trinajstić information content (AvgIpc) is 2.87. The molecule has 0 spiro atoms. The number of rotatable bonds is 3. The fourth-order valence-electron chi connectivity index (χ4n) is 2.82. The summed E-state index contributed by atoms with van der Waals surface area (Å²) in [7, 11) is 1.28. The van der Waals surface area contributed by atoms with Gasteiger partial charge in [-0.2, -0.15) is 10.1 Å². The summed E-state index contributed by atoms with van der Waals surface area (Å²) in [6.45, 7) is 0. The molecule has 1 unspecified atom stereocenters. The number of methoxy groups -OCH3 is 1. The molecule has 0 radical (unpaired) electrons. The Morgan fingerprint density at radius 1 is 1.00 bits per heavy atom. The number of hydrogen-bond donors (Lipinski definition) is 0. The number of benzene rings is 2. The zero-order chi connectivity index (χ0) is 18.5. The van der Waals surface area contributed by atoms with E-state index in [1.807, 2.05) is 30.3 Å². The maximum absolute atomic E-state index is 12.8. The van der Waals surface area contributed by atoms with Gasteiger partial charge in [0.1, 0.15) is 0 Å². The van der Waals surface area contributed by atoms with Gasteiger partial charge in [-0.1, -0.05) is 48.5 Å². The van der Waals surface area contributed by atoms with Crippen molar-refractivity contribution in [3.05, 3.63) is 71.8 Å². The van der Waals surface area contributed by atoms with Crippen LogP contribution in [0.2, 0.25) is 0 Å².